The van der Waals surface area contributed by atoms with Crippen LogP contribution in [-0.4, -0.2) is 0 Å². The van der Waals surface area contributed by atoms with Crippen LogP contribution in [0.15, 0.2) is 42.0 Å². The lowest BCUT2D eigenvalue weighted by molar-refractivity contribution is 0.601. The van der Waals surface area contributed by atoms with Gasteiger partial charge in [0.05, 0.1) is 0 Å². The minimum Gasteiger partial charge on any atom is -0.0884 e. The van der Waals surface area contributed by atoms with Crippen molar-refractivity contribution in [3.05, 3.63) is 47.5 Å². The molecular weight excluding hydrogens is 228 g/mol. The van der Waals surface area contributed by atoms with E-state index in [-0.39, 0.29) is 0 Å². The minimum atomic E-state index is 1.19. The highest BCUT2D eigenvalue weighted by molar-refractivity contribution is 5.16. The van der Waals surface area contributed by atoms with E-state index < -0.39 is 0 Å². The lowest BCUT2D eigenvalue weighted by atomic mass is 9.99. The highest BCUT2D eigenvalue weighted by Gasteiger charge is 1.99. The molecule has 19 heavy (non-hydrogen) atoms. The third-order valence-corrected chi connectivity index (χ3v) is 3.84. The second-order valence-electron chi connectivity index (χ2n) is 5.45. The summed E-state index contributed by atoms with van der Waals surface area (Å²) in [5, 5.41) is 0. The summed E-state index contributed by atoms with van der Waals surface area (Å²) >= 11 is 0. The largest absolute Gasteiger partial charge is 0.0884 e. The summed E-state index contributed by atoms with van der Waals surface area (Å²) in [5.41, 5.74) is 3.10. The summed E-state index contributed by atoms with van der Waals surface area (Å²) < 4.78 is 0. The van der Waals surface area contributed by atoms with Crippen molar-refractivity contribution in [1.82, 2.24) is 0 Å². The highest BCUT2D eigenvalue weighted by Crippen LogP contribution is 2.17. The highest BCUT2D eigenvalue weighted by atomic mass is 14.0. The molecule has 0 atom stereocenters. The fourth-order valence-electron chi connectivity index (χ4n) is 2.50. The first kappa shape index (κ1) is 16.0. The van der Waals surface area contributed by atoms with Gasteiger partial charge < -0.3 is 0 Å². The Morgan fingerprint density at radius 1 is 0.895 bits per heavy atom. The van der Waals surface area contributed by atoms with Crippen LogP contribution in [0.3, 0.4) is 0 Å². The average Bonchev–Trinajstić information content (AvgIpc) is 2.47. The number of rotatable bonds is 10. The van der Waals surface area contributed by atoms with Gasteiger partial charge in [-0.1, -0.05) is 81.0 Å². The molecule has 0 aliphatic carbocycles. The monoisotopic (exact) mass is 258 g/mol. The number of benzene rings is 1. The first-order valence-corrected chi connectivity index (χ1v) is 8.04. The molecule has 1 aromatic rings. The van der Waals surface area contributed by atoms with Gasteiger partial charge in [-0.25, -0.2) is 0 Å². The topological polar surface area (TPSA) is 0 Å². The predicted molar refractivity (Wildman–Crippen MR) is 86.5 cm³/mol. The molecule has 0 aliphatic rings. The van der Waals surface area contributed by atoms with Crippen LogP contribution in [0.4, 0.5) is 0 Å². The fraction of sp³-hybridized carbons (Fsp3) is 0.579. The molecule has 0 bridgehead atoms. The Balaban J connectivity index is 2.13. The van der Waals surface area contributed by atoms with Crippen molar-refractivity contribution in [2.24, 2.45) is 0 Å². The van der Waals surface area contributed by atoms with E-state index in [0.717, 1.165) is 0 Å². The fourth-order valence-corrected chi connectivity index (χ4v) is 2.50. The van der Waals surface area contributed by atoms with Crippen LogP contribution in [0.25, 0.3) is 0 Å². The lowest BCUT2D eigenvalue weighted by Crippen LogP contribution is -1.90. The molecule has 0 radical (unpaired) electrons. The third-order valence-electron chi connectivity index (χ3n) is 3.84. The second kappa shape index (κ2) is 10.8. The van der Waals surface area contributed by atoms with Crippen LogP contribution in [0.2, 0.25) is 0 Å². The molecule has 1 rings (SSSR count). The van der Waals surface area contributed by atoms with Crippen molar-refractivity contribution in [3.63, 3.8) is 0 Å². The Labute approximate surface area is 119 Å². The number of hydrogen-bond acceptors (Lipinski definition) is 0. The molecule has 0 unspecified atom stereocenters. The van der Waals surface area contributed by atoms with Crippen molar-refractivity contribution >= 4 is 0 Å². The van der Waals surface area contributed by atoms with E-state index >= 15 is 0 Å². The maximum absolute atomic E-state index is 2.33. The maximum Gasteiger partial charge on any atom is -0.0241 e. The summed E-state index contributed by atoms with van der Waals surface area (Å²) in [6, 6.07) is 10.8. The summed E-state index contributed by atoms with van der Waals surface area (Å²) in [6.07, 6.45) is 14.4. The van der Waals surface area contributed by atoms with E-state index in [1.807, 2.05) is 0 Å². The quantitative estimate of drug-likeness (QED) is 0.340. The van der Waals surface area contributed by atoms with Crippen LogP contribution >= 0.6 is 0 Å². The molecule has 0 amide bonds. The smallest absolute Gasteiger partial charge is 0.0241 e. The van der Waals surface area contributed by atoms with Crippen molar-refractivity contribution in [2.45, 2.75) is 71.6 Å². The molecule has 0 spiro atoms. The van der Waals surface area contributed by atoms with Crippen LogP contribution < -0.4 is 0 Å². The zero-order valence-electron chi connectivity index (χ0n) is 12.8. The SMILES string of the molecule is CC=C(CCCCCCCC)CCc1ccccc1. The molecule has 0 nitrogen and oxygen atoms in total. The number of hydrogen-bond donors (Lipinski definition) is 0. The first-order valence-electron chi connectivity index (χ1n) is 8.04. The Bertz CT molecular complexity index is 334. The third kappa shape index (κ3) is 7.87. The van der Waals surface area contributed by atoms with Gasteiger partial charge in [-0.15, -0.1) is 0 Å². The van der Waals surface area contributed by atoms with Crippen molar-refractivity contribution in [2.75, 3.05) is 0 Å². The van der Waals surface area contributed by atoms with Crippen LogP contribution in [-0.2, 0) is 6.42 Å². The van der Waals surface area contributed by atoms with Gasteiger partial charge in [0.1, 0.15) is 0 Å². The van der Waals surface area contributed by atoms with E-state index in [9.17, 15) is 0 Å². The Kier molecular flexibility index (Phi) is 9.14. The average molecular weight is 258 g/mol. The van der Waals surface area contributed by atoms with E-state index in [1.54, 1.807) is 5.57 Å². The van der Waals surface area contributed by atoms with Gasteiger partial charge in [0.15, 0.2) is 0 Å². The molecule has 0 aromatic heterocycles. The van der Waals surface area contributed by atoms with Crippen LogP contribution in [0.1, 0.15) is 70.8 Å². The summed E-state index contributed by atoms with van der Waals surface area (Å²) in [5.74, 6) is 0. The summed E-state index contributed by atoms with van der Waals surface area (Å²) in [7, 11) is 0. The van der Waals surface area contributed by atoms with Gasteiger partial charge >= 0.3 is 0 Å². The minimum absolute atomic E-state index is 1.19. The molecular formula is C19H30. The first-order chi connectivity index (χ1) is 9.36. The molecule has 0 saturated heterocycles. The molecule has 0 fully saturated rings. The molecule has 0 aliphatic heterocycles. The number of unbranched alkanes of at least 4 members (excludes halogenated alkanes) is 5. The van der Waals surface area contributed by atoms with Crippen LogP contribution in [0, 0.1) is 0 Å². The van der Waals surface area contributed by atoms with Crippen molar-refractivity contribution in [3.8, 4) is 0 Å². The molecule has 0 heterocycles. The number of aryl methyl sites for hydroxylation is 1. The van der Waals surface area contributed by atoms with Gasteiger partial charge in [0, 0.05) is 0 Å². The Morgan fingerprint density at radius 2 is 1.58 bits per heavy atom. The lowest BCUT2D eigenvalue weighted by Gasteiger charge is -2.07. The molecule has 0 N–H and O–H groups in total. The van der Waals surface area contributed by atoms with Gasteiger partial charge in [-0.2, -0.15) is 0 Å². The maximum atomic E-state index is 2.33. The van der Waals surface area contributed by atoms with Crippen molar-refractivity contribution < 1.29 is 0 Å². The molecule has 0 heteroatoms. The summed E-state index contributed by atoms with van der Waals surface area (Å²) in [6.45, 7) is 4.47. The zero-order chi connectivity index (χ0) is 13.8. The second-order valence-corrected chi connectivity index (χ2v) is 5.45. The Hall–Kier alpha value is -1.04. The van der Waals surface area contributed by atoms with Gasteiger partial charge in [0.2, 0.25) is 0 Å². The summed E-state index contributed by atoms with van der Waals surface area (Å²) in [4.78, 5) is 0. The Morgan fingerprint density at radius 3 is 2.26 bits per heavy atom. The van der Waals surface area contributed by atoms with Crippen LogP contribution in [0.5, 0.6) is 0 Å². The van der Waals surface area contributed by atoms with Gasteiger partial charge in [-0.05, 0) is 38.2 Å². The molecule has 106 valence electrons. The zero-order valence-corrected chi connectivity index (χ0v) is 12.8. The standard InChI is InChI=1S/C19H30/c1-3-5-6-7-8-10-13-18(4-2)16-17-19-14-11-9-12-15-19/h4,9,11-12,14-15H,3,5-8,10,13,16-17H2,1-2H3. The van der Waals surface area contributed by atoms with Crippen molar-refractivity contribution in [1.29, 1.82) is 0 Å². The van der Waals surface area contributed by atoms with Gasteiger partial charge in [-0.3, -0.25) is 0 Å². The molecule has 0 saturated carbocycles. The van der Waals surface area contributed by atoms with Gasteiger partial charge in [0.25, 0.3) is 0 Å². The van der Waals surface area contributed by atoms with E-state index in [2.05, 4.69) is 50.3 Å². The number of allylic oxidation sites excluding steroid dienone is 2. The van der Waals surface area contributed by atoms with E-state index in [1.165, 1.54) is 63.4 Å². The normalized spacial score (nSPS) is 11.8. The van der Waals surface area contributed by atoms with E-state index in [0.29, 0.717) is 0 Å². The predicted octanol–water partition coefficient (Wildman–Crippen LogP) is 6.32. The molecule has 1 aromatic carbocycles. The van der Waals surface area contributed by atoms with E-state index in [4.69, 9.17) is 0 Å².